The Morgan fingerprint density at radius 3 is 2.74 bits per heavy atom. The number of carbonyl (C=O) groups is 1. The number of amides is 1. The van der Waals surface area contributed by atoms with Crippen LogP contribution >= 0.6 is 11.3 Å². The minimum Gasteiger partial charge on any atom is -0.495 e. The maximum absolute atomic E-state index is 12.4. The number of aryl methyl sites for hydroxylation is 1. The lowest BCUT2D eigenvalue weighted by Crippen LogP contribution is -2.41. The van der Waals surface area contributed by atoms with Gasteiger partial charge >= 0.3 is 0 Å². The lowest BCUT2D eigenvalue weighted by molar-refractivity contribution is 0.0157. The Bertz CT molecular complexity index is 463. The first-order valence-electron chi connectivity index (χ1n) is 6.57. The fraction of sp³-hybridized carbons (Fsp3) is 0.643. The van der Waals surface area contributed by atoms with Gasteiger partial charge in [0.05, 0.1) is 12.7 Å². The van der Waals surface area contributed by atoms with Crippen molar-refractivity contribution >= 4 is 17.2 Å². The van der Waals surface area contributed by atoms with E-state index >= 15 is 0 Å². The number of hydrogen-bond acceptors (Lipinski definition) is 4. The van der Waals surface area contributed by atoms with Gasteiger partial charge in [-0.05, 0) is 25.8 Å². The molecule has 1 N–H and O–H groups in total. The Morgan fingerprint density at radius 1 is 1.53 bits per heavy atom. The SMILES string of the molecule is COc1cc(C)sc1C(=O)N(C)CC1(O)CCCC1. The fourth-order valence-electron chi connectivity index (χ4n) is 2.67. The van der Waals surface area contributed by atoms with E-state index in [1.807, 2.05) is 13.0 Å². The highest BCUT2D eigenvalue weighted by atomic mass is 32.1. The standard InChI is InChI=1S/C14H21NO3S/c1-10-8-11(18-3)12(19-10)13(16)15(2)9-14(17)6-4-5-7-14/h8,17H,4-7,9H2,1-3H3. The van der Waals surface area contributed by atoms with Crippen LogP contribution in [0.1, 0.15) is 40.2 Å². The third-order valence-electron chi connectivity index (χ3n) is 3.65. The summed E-state index contributed by atoms with van der Waals surface area (Å²) < 4.78 is 5.23. The normalized spacial score (nSPS) is 17.5. The minimum atomic E-state index is -0.704. The molecular weight excluding hydrogens is 262 g/mol. The molecule has 1 aliphatic rings. The smallest absolute Gasteiger partial charge is 0.267 e. The lowest BCUT2D eigenvalue weighted by Gasteiger charge is -2.28. The summed E-state index contributed by atoms with van der Waals surface area (Å²) in [6.45, 7) is 2.35. The highest BCUT2D eigenvalue weighted by molar-refractivity contribution is 7.14. The summed E-state index contributed by atoms with van der Waals surface area (Å²) >= 11 is 1.43. The number of rotatable bonds is 4. The molecule has 0 aromatic carbocycles. The molecule has 1 aromatic rings. The summed E-state index contributed by atoms with van der Waals surface area (Å²) in [5, 5.41) is 10.4. The van der Waals surface area contributed by atoms with Gasteiger partial charge in [0.1, 0.15) is 10.6 Å². The molecule has 1 heterocycles. The molecule has 106 valence electrons. The Kier molecular flexibility index (Phi) is 4.16. The fourth-order valence-corrected chi connectivity index (χ4v) is 3.64. The summed E-state index contributed by atoms with van der Waals surface area (Å²) in [5.41, 5.74) is -0.704. The quantitative estimate of drug-likeness (QED) is 0.923. The van der Waals surface area contributed by atoms with Gasteiger partial charge in [-0.3, -0.25) is 4.79 Å². The van der Waals surface area contributed by atoms with Crippen LogP contribution in [0.5, 0.6) is 5.75 Å². The van der Waals surface area contributed by atoms with Gasteiger partial charge in [-0.15, -0.1) is 11.3 Å². The molecule has 0 aliphatic heterocycles. The first kappa shape index (κ1) is 14.3. The van der Waals surface area contributed by atoms with Crippen molar-refractivity contribution in [2.45, 2.75) is 38.2 Å². The Hall–Kier alpha value is -1.07. The number of methoxy groups -OCH3 is 1. The number of nitrogens with zero attached hydrogens (tertiary/aromatic N) is 1. The summed E-state index contributed by atoms with van der Waals surface area (Å²) in [7, 11) is 3.32. The van der Waals surface area contributed by atoms with Crippen LogP contribution in [-0.2, 0) is 0 Å². The molecule has 0 radical (unpaired) electrons. The second-order valence-corrected chi connectivity index (χ2v) is 6.60. The van der Waals surface area contributed by atoms with Crippen molar-refractivity contribution in [3.8, 4) is 5.75 Å². The van der Waals surface area contributed by atoms with Crippen molar-refractivity contribution in [1.82, 2.24) is 4.90 Å². The van der Waals surface area contributed by atoms with Crippen LogP contribution in [0.15, 0.2) is 6.07 Å². The summed E-state index contributed by atoms with van der Waals surface area (Å²) in [6, 6.07) is 1.87. The molecule has 0 atom stereocenters. The second kappa shape index (κ2) is 5.51. The molecule has 1 fully saturated rings. The summed E-state index contributed by atoms with van der Waals surface area (Å²) in [6.07, 6.45) is 3.65. The first-order valence-corrected chi connectivity index (χ1v) is 7.39. The van der Waals surface area contributed by atoms with Gasteiger partial charge in [0.15, 0.2) is 0 Å². The van der Waals surface area contributed by atoms with E-state index in [0.29, 0.717) is 17.2 Å². The number of thiophene rings is 1. The molecule has 0 saturated heterocycles. The third kappa shape index (κ3) is 3.09. The first-order chi connectivity index (χ1) is 8.95. The van der Waals surface area contributed by atoms with Crippen LogP contribution in [-0.4, -0.2) is 42.2 Å². The minimum absolute atomic E-state index is 0.0738. The van der Waals surface area contributed by atoms with Gasteiger partial charge in [0.2, 0.25) is 0 Å². The predicted octanol–water partition coefficient (Wildman–Crippen LogP) is 2.44. The van der Waals surface area contributed by atoms with Crippen LogP contribution < -0.4 is 4.74 Å². The van der Waals surface area contributed by atoms with Gasteiger partial charge < -0.3 is 14.7 Å². The van der Waals surface area contributed by atoms with Gasteiger partial charge in [-0.1, -0.05) is 12.8 Å². The lowest BCUT2D eigenvalue weighted by atomic mass is 10.0. The van der Waals surface area contributed by atoms with Crippen LogP contribution in [0.4, 0.5) is 0 Å². The van der Waals surface area contributed by atoms with E-state index in [1.54, 1.807) is 19.1 Å². The van der Waals surface area contributed by atoms with Crippen LogP contribution in [0.2, 0.25) is 0 Å². The van der Waals surface area contributed by atoms with E-state index in [4.69, 9.17) is 4.74 Å². The molecule has 1 aromatic heterocycles. The maximum atomic E-state index is 12.4. The van der Waals surface area contributed by atoms with Crippen LogP contribution in [0.25, 0.3) is 0 Å². The maximum Gasteiger partial charge on any atom is 0.267 e. The van der Waals surface area contributed by atoms with E-state index in [0.717, 1.165) is 30.6 Å². The van der Waals surface area contributed by atoms with Gasteiger partial charge in [-0.2, -0.15) is 0 Å². The molecule has 0 bridgehead atoms. The van der Waals surface area contributed by atoms with Crippen LogP contribution in [0.3, 0.4) is 0 Å². The van der Waals surface area contributed by atoms with Crippen molar-refractivity contribution in [2.24, 2.45) is 0 Å². The highest BCUT2D eigenvalue weighted by Gasteiger charge is 2.34. The van der Waals surface area contributed by atoms with Gasteiger partial charge in [0, 0.05) is 18.5 Å². The number of ether oxygens (including phenoxy) is 1. The molecule has 1 aliphatic carbocycles. The average Bonchev–Trinajstić information content (AvgIpc) is 2.94. The Morgan fingerprint density at radius 2 is 2.16 bits per heavy atom. The molecular formula is C14H21NO3S. The number of likely N-dealkylation sites (N-methyl/N-ethyl adjacent to an activating group) is 1. The van der Waals surface area contributed by atoms with Gasteiger partial charge in [0.25, 0.3) is 5.91 Å². The Labute approximate surface area is 118 Å². The molecule has 1 amide bonds. The second-order valence-electron chi connectivity index (χ2n) is 5.35. The van der Waals surface area contributed by atoms with Crippen molar-refractivity contribution in [2.75, 3.05) is 20.7 Å². The van der Waals surface area contributed by atoms with Crippen molar-refractivity contribution in [1.29, 1.82) is 0 Å². The zero-order valence-corrected chi connectivity index (χ0v) is 12.5. The molecule has 0 unspecified atom stereocenters. The van der Waals surface area contributed by atoms with Crippen molar-refractivity contribution in [3.63, 3.8) is 0 Å². The van der Waals surface area contributed by atoms with E-state index < -0.39 is 5.60 Å². The molecule has 19 heavy (non-hydrogen) atoms. The summed E-state index contributed by atoms with van der Waals surface area (Å²) in [5.74, 6) is 0.549. The molecule has 0 spiro atoms. The van der Waals surface area contributed by atoms with E-state index in [9.17, 15) is 9.90 Å². The number of carbonyl (C=O) groups excluding carboxylic acids is 1. The zero-order chi connectivity index (χ0) is 14.0. The average molecular weight is 283 g/mol. The summed E-state index contributed by atoms with van der Waals surface area (Å²) in [4.78, 5) is 15.7. The predicted molar refractivity (Wildman–Crippen MR) is 76.0 cm³/mol. The monoisotopic (exact) mass is 283 g/mol. The van der Waals surface area contributed by atoms with Crippen molar-refractivity contribution < 1.29 is 14.6 Å². The molecule has 5 heteroatoms. The number of aliphatic hydroxyl groups is 1. The third-order valence-corrected chi connectivity index (χ3v) is 4.67. The topological polar surface area (TPSA) is 49.8 Å². The largest absolute Gasteiger partial charge is 0.495 e. The van der Waals surface area contributed by atoms with E-state index in [-0.39, 0.29) is 5.91 Å². The molecule has 1 saturated carbocycles. The molecule has 4 nitrogen and oxygen atoms in total. The molecule has 2 rings (SSSR count). The van der Waals surface area contributed by atoms with Gasteiger partial charge in [-0.25, -0.2) is 0 Å². The zero-order valence-electron chi connectivity index (χ0n) is 11.7. The number of hydrogen-bond donors (Lipinski definition) is 1. The highest BCUT2D eigenvalue weighted by Crippen LogP contribution is 2.32. The van der Waals surface area contributed by atoms with Crippen molar-refractivity contribution in [3.05, 3.63) is 15.8 Å². The van der Waals surface area contributed by atoms with E-state index in [2.05, 4.69) is 0 Å². The Balaban J connectivity index is 2.10. The van der Waals surface area contributed by atoms with E-state index in [1.165, 1.54) is 11.3 Å². The van der Waals surface area contributed by atoms with Crippen LogP contribution in [0, 0.1) is 6.92 Å².